The van der Waals surface area contributed by atoms with E-state index in [4.69, 9.17) is 0 Å². The predicted octanol–water partition coefficient (Wildman–Crippen LogP) is 1.16. The molecule has 0 bridgehead atoms. The van der Waals surface area contributed by atoms with Crippen LogP contribution in [-0.4, -0.2) is 38.8 Å². The van der Waals surface area contributed by atoms with Crippen LogP contribution in [0.1, 0.15) is 32.6 Å². The normalized spacial score (nSPS) is 19.0. The molecule has 114 valence electrons. The van der Waals surface area contributed by atoms with Gasteiger partial charge < -0.3 is 4.57 Å². The SMILES string of the molecule is CCCC1C(=O)NC(=O)N(CCCCn2ccnc2)C1=O. The lowest BCUT2D eigenvalue weighted by molar-refractivity contribution is -0.142. The van der Waals surface area contributed by atoms with Crippen molar-refractivity contribution in [1.29, 1.82) is 0 Å². The van der Waals surface area contributed by atoms with E-state index in [0.29, 0.717) is 19.4 Å². The highest BCUT2D eigenvalue weighted by molar-refractivity contribution is 6.16. The van der Waals surface area contributed by atoms with Gasteiger partial charge in [-0.1, -0.05) is 13.3 Å². The molecule has 1 atom stereocenters. The summed E-state index contributed by atoms with van der Waals surface area (Å²) in [4.78, 5) is 40.7. The fourth-order valence-corrected chi connectivity index (χ4v) is 2.40. The van der Waals surface area contributed by atoms with Crippen molar-refractivity contribution in [2.45, 2.75) is 39.2 Å². The molecule has 1 fully saturated rings. The third kappa shape index (κ3) is 3.68. The van der Waals surface area contributed by atoms with Crippen LogP contribution >= 0.6 is 0 Å². The number of urea groups is 1. The van der Waals surface area contributed by atoms with E-state index in [1.54, 1.807) is 12.5 Å². The summed E-state index contributed by atoms with van der Waals surface area (Å²) in [5, 5.41) is 2.26. The van der Waals surface area contributed by atoms with Gasteiger partial charge in [-0.05, 0) is 19.3 Å². The molecule has 0 saturated carbocycles. The zero-order valence-corrected chi connectivity index (χ0v) is 12.1. The van der Waals surface area contributed by atoms with Gasteiger partial charge in [0.05, 0.1) is 6.33 Å². The van der Waals surface area contributed by atoms with Crippen molar-refractivity contribution in [3.8, 4) is 0 Å². The highest BCUT2D eigenvalue weighted by Crippen LogP contribution is 2.16. The van der Waals surface area contributed by atoms with Gasteiger partial charge in [0, 0.05) is 25.5 Å². The lowest BCUT2D eigenvalue weighted by atomic mass is 9.99. The van der Waals surface area contributed by atoms with Crippen molar-refractivity contribution in [3.63, 3.8) is 0 Å². The number of rotatable bonds is 7. The van der Waals surface area contributed by atoms with E-state index < -0.39 is 17.9 Å². The molecular formula is C14H20N4O3. The summed E-state index contributed by atoms with van der Waals surface area (Å²) in [6, 6.07) is -0.597. The van der Waals surface area contributed by atoms with Crippen LogP contribution in [0.3, 0.4) is 0 Å². The molecule has 0 aliphatic carbocycles. The molecule has 7 heteroatoms. The molecule has 7 nitrogen and oxygen atoms in total. The Morgan fingerprint density at radius 1 is 1.24 bits per heavy atom. The number of aromatic nitrogens is 2. The van der Waals surface area contributed by atoms with E-state index in [2.05, 4.69) is 10.3 Å². The molecule has 0 aromatic carbocycles. The fraction of sp³-hybridized carbons (Fsp3) is 0.571. The maximum absolute atomic E-state index is 12.2. The fourth-order valence-electron chi connectivity index (χ4n) is 2.40. The van der Waals surface area contributed by atoms with Crippen molar-refractivity contribution in [2.75, 3.05) is 6.54 Å². The van der Waals surface area contributed by atoms with E-state index in [1.165, 1.54) is 0 Å². The standard InChI is InChI=1S/C14H20N4O3/c1-2-5-11-12(19)16-14(21)18(13(11)20)8-4-3-7-17-9-6-15-10-17/h6,9-11H,2-5,7-8H2,1H3,(H,16,19,21). The summed E-state index contributed by atoms with van der Waals surface area (Å²) in [6.07, 6.45) is 8.05. The maximum atomic E-state index is 12.2. The number of nitrogens with one attached hydrogen (secondary N) is 1. The molecule has 1 aromatic rings. The van der Waals surface area contributed by atoms with Gasteiger partial charge in [0.25, 0.3) is 0 Å². The summed E-state index contributed by atoms with van der Waals surface area (Å²) in [5.41, 5.74) is 0. The van der Waals surface area contributed by atoms with Crippen LogP contribution < -0.4 is 5.32 Å². The number of unbranched alkanes of at least 4 members (excludes halogenated alkanes) is 1. The number of amides is 4. The number of nitrogens with zero attached hydrogens (tertiary/aromatic N) is 3. The Kier molecular flexibility index (Phi) is 5.08. The van der Waals surface area contributed by atoms with Crippen molar-refractivity contribution in [3.05, 3.63) is 18.7 Å². The van der Waals surface area contributed by atoms with E-state index in [0.717, 1.165) is 24.3 Å². The summed E-state index contributed by atoms with van der Waals surface area (Å²) in [7, 11) is 0. The number of hydrogen-bond donors (Lipinski definition) is 1. The molecular weight excluding hydrogens is 272 g/mol. The Bertz CT molecular complexity index is 512. The van der Waals surface area contributed by atoms with Gasteiger partial charge in [-0.2, -0.15) is 0 Å². The lowest BCUT2D eigenvalue weighted by Crippen LogP contribution is -2.58. The molecule has 0 spiro atoms. The minimum Gasteiger partial charge on any atom is -0.337 e. The summed E-state index contributed by atoms with van der Waals surface area (Å²) < 4.78 is 1.95. The van der Waals surface area contributed by atoms with Crippen molar-refractivity contribution in [1.82, 2.24) is 19.8 Å². The summed E-state index contributed by atoms with van der Waals surface area (Å²) in [6.45, 7) is 3.04. The first-order valence-electron chi connectivity index (χ1n) is 7.25. The molecule has 1 unspecified atom stereocenters. The Morgan fingerprint density at radius 3 is 2.67 bits per heavy atom. The second kappa shape index (κ2) is 7.01. The first-order valence-corrected chi connectivity index (χ1v) is 7.25. The minimum absolute atomic E-state index is 0.340. The van der Waals surface area contributed by atoms with E-state index in [-0.39, 0.29) is 5.91 Å². The molecule has 2 heterocycles. The molecule has 1 aliphatic rings. The number of hydrogen-bond acceptors (Lipinski definition) is 4. The number of aryl methyl sites for hydroxylation is 1. The van der Waals surface area contributed by atoms with Gasteiger partial charge in [0.2, 0.25) is 11.8 Å². The van der Waals surface area contributed by atoms with Crippen LogP contribution in [-0.2, 0) is 16.1 Å². The van der Waals surface area contributed by atoms with E-state index in [9.17, 15) is 14.4 Å². The van der Waals surface area contributed by atoms with Crippen LogP contribution in [0, 0.1) is 5.92 Å². The first kappa shape index (κ1) is 15.2. The highest BCUT2D eigenvalue weighted by Gasteiger charge is 2.39. The molecule has 4 amide bonds. The predicted molar refractivity (Wildman–Crippen MR) is 75.1 cm³/mol. The number of imide groups is 2. The molecule has 2 rings (SSSR count). The number of imidazole rings is 1. The third-order valence-electron chi connectivity index (χ3n) is 3.54. The third-order valence-corrected chi connectivity index (χ3v) is 3.54. The Balaban J connectivity index is 1.84. The summed E-state index contributed by atoms with van der Waals surface area (Å²) in [5.74, 6) is -1.56. The maximum Gasteiger partial charge on any atom is 0.330 e. The average molecular weight is 292 g/mol. The van der Waals surface area contributed by atoms with Gasteiger partial charge in [-0.15, -0.1) is 0 Å². The largest absolute Gasteiger partial charge is 0.337 e. The Labute approximate surface area is 123 Å². The minimum atomic E-state index is -0.721. The zero-order chi connectivity index (χ0) is 15.2. The first-order chi connectivity index (χ1) is 10.1. The smallest absolute Gasteiger partial charge is 0.330 e. The van der Waals surface area contributed by atoms with Crippen LogP contribution in [0.5, 0.6) is 0 Å². The molecule has 21 heavy (non-hydrogen) atoms. The topological polar surface area (TPSA) is 84.3 Å². The number of carbonyl (C=O) groups excluding carboxylic acids is 3. The Morgan fingerprint density at radius 2 is 2.00 bits per heavy atom. The van der Waals surface area contributed by atoms with Crippen LogP contribution in [0.25, 0.3) is 0 Å². The van der Waals surface area contributed by atoms with Crippen molar-refractivity contribution < 1.29 is 14.4 Å². The van der Waals surface area contributed by atoms with Gasteiger partial charge in [-0.3, -0.25) is 19.8 Å². The van der Waals surface area contributed by atoms with Gasteiger partial charge in [-0.25, -0.2) is 9.78 Å². The monoisotopic (exact) mass is 292 g/mol. The second-order valence-electron chi connectivity index (χ2n) is 5.13. The quantitative estimate of drug-likeness (QED) is 0.603. The van der Waals surface area contributed by atoms with E-state index >= 15 is 0 Å². The van der Waals surface area contributed by atoms with Gasteiger partial charge >= 0.3 is 6.03 Å². The molecule has 0 radical (unpaired) electrons. The zero-order valence-electron chi connectivity index (χ0n) is 12.1. The van der Waals surface area contributed by atoms with E-state index in [1.807, 2.05) is 17.7 Å². The summed E-state index contributed by atoms with van der Waals surface area (Å²) >= 11 is 0. The van der Waals surface area contributed by atoms with Crippen LogP contribution in [0.4, 0.5) is 4.79 Å². The highest BCUT2D eigenvalue weighted by atomic mass is 16.2. The molecule has 1 aliphatic heterocycles. The van der Waals surface area contributed by atoms with Gasteiger partial charge in [0.15, 0.2) is 0 Å². The van der Waals surface area contributed by atoms with Crippen LogP contribution in [0.15, 0.2) is 18.7 Å². The van der Waals surface area contributed by atoms with Crippen molar-refractivity contribution in [2.24, 2.45) is 5.92 Å². The number of carbonyl (C=O) groups is 3. The Hall–Kier alpha value is -2.18. The second-order valence-corrected chi connectivity index (χ2v) is 5.13. The van der Waals surface area contributed by atoms with Crippen LogP contribution in [0.2, 0.25) is 0 Å². The lowest BCUT2D eigenvalue weighted by Gasteiger charge is -2.30. The van der Waals surface area contributed by atoms with Gasteiger partial charge in [0.1, 0.15) is 5.92 Å². The number of barbiturate groups is 1. The van der Waals surface area contributed by atoms with Crippen molar-refractivity contribution >= 4 is 17.8 Å². The average Bonchev–Trinajstić information content (AvgIpc) is 2.95. The molecule has 1 N–H and O–H groups in total. The molecule has 1 saturated heterocycles. The molecule has 1 aromatic heterocycles.